The Morgan fingerprint density at radius 1 is 1.41 bits per heavy atom. The molecule has 3 rings (SSSR count). The number of carbonyl (C=O) groups is 1. The van der Waals surface area contributed by atoms with Crippen LogP contribution in [0.5, 0.6) is 0 Å². The average Bonchev–Trinajstić information content (AvgIpc) is 3.15. The number of benzene rings is 1. The van der Waals surface area contributed by atoms with Crippen LogP contribution in [0.15, 0.2) is 23.8 Å². The molecule has 1 atom stereocenters. The van der Waals surface area contributed by atoms with Crippen molar-refractivity contribution in [3.05, 3.63) is 35.0 Å². The van der Waals surface area contributed by atoms with E-state index in [1.54, 1.807) is 13.0 Å². The number of carboxylic acid groups (broad SMARTS) is 1. The zero-order valence-electron chi connectivity index (χ0n) is 13.1. The zero-order chi connectivity index (χ0) is 15.7. The molecule has 4 nitrogen and oxygen atoms in total. The van der Waals surface area contributed by atoms with Gasteiger partial charge in [0, 0.05) is 22.6 Å². The van der Waals surface area contributed by atoms with Gasteiger partial charge in [-0.25, -0.2) is 4.79 Å². The van der Waals surface area contributed by atoms with Gasteiger partial charge in [0.1, 0.15) is 0 Å². The summed E-state index contributed by atoms with van der Waals surface area (Å²) in [6.07, 6.45) is 6.96. The van der Waals surface area contributed by atoms with Crippen molar-refractivity contribution in [2.24, 2.45) is 5.92 Å². The average molecular weight is 298 g/mol. The highest BCUT2D eigenvalue weighted by Gasteiger charge is 2.25. The van der Waals surface area contributed by atoms with E-state index in [1.807, 2.05) is 12.1 Å². The maximum absolute atomic E-state index is 10.9. The van der Waals surface area contributed by atoms with Crippen LogP contribution in [0.1, 0.15) is 56.7 Å². The molecule has 0 radical (unpaired) electrons. The molecule has 0 spiro atoms. The van der Waals surface area contributed by atoms with Crippen molar-refractivity contribution in [3.8, 4) is 0 Å². The quantitative estimate of drug-likeness (QED) is 0.825. The van der Waals surface area contributed by atoms with Crippen molar-refractivity contribution >= 4 is 22.9 Å². The lowest BCUT2D eigenvalue weighted by molar-refractivity contribution is -0.132. The van der Waals surface area contributed by atoms with Gasteiger partial charge in [-0.15, -0.1) is 0 Å². The van der Waals surface area contributed by atoms with Gasteiger partial charge in [-0.3, -0.25) is 5.10 Å². The van der Waals surface area contributed by atoms with Crippen LogP contribution in [-0.2, 0) is 4.79 Å². The van der Waals surface area contributed by atoms with E-state index >= 15 is 0 Å². The zero-order valence-corrected chi connectivity index (χ0v) is 13.1. The van der Waals surface area contributed by atoms with E-state index in [-0.39, 0.29) is 0 Å². The summed E-state index contributed by atoms with van der Waals surface area (Å²) in [6, 6.07) is 5.97. The summed E-state index contributed by atoms with van der Waals surface area (Å²) in [5.74, 6) is 0.352. The molecule has 0 bridgehead atoms. The van der Waals surface area contributed by atoms with Crippen LogP contribution in [0, 0.1) is 5.92 Å². The fraction of sp³-hybridized carbons (Fsp3) is 0.444. The first-order valence-electron chi connectivity index (χ1n) is 7.96. The third kappa shape index (κ3) is 2.78. The van der Waals surface area contributed by atoms with Crippen molar-refractivity contribution in [3.63, 3.8) is 0 Å². The van der Waals surface area contributed by atoms with E-state index < -0.39 is 5.97 Å². The molecule has 1 saturated carbocycles. The first kappa shape index (κ1) is 14.8. The van der Waals surface area contributed by atoms with Crippen LogP contribution >= 0.6 is 0 Å². The number of rotatable bonds is 4. The summed E-state index contributed by atoms with van der Waals surface area (Å²) in [5, 5.41) is 17.8. The molecule has 1 unspecified atom stereocenters. The topological polar surface area (TPSA) is 66.0 Å². The minimum absolute atomic E-state index is 0.328. The largest absolute Gasteiger partial charge is 0.478 e. The van der Waals surface area contributed by atoms with E-state index in [1.165, 1.54) is 31.4 Å². The summed E-state index contributed by atoms with van der Waals surface area (Å²) in [6.45, 7) is 3.88. The van der Waals surface area contributed by atoms with Crippen molar-refractivity contribution in [1.29, 1.82) is 0 Å². The second-order valence-electron chi connectivity index (χ2n) is 6.38. The maximum Gasteiger partial charge on any atom is 0.331 e. The molecule has 2 N–H and O–H groups in total. The van der Waals surface area contributed by atoms with Gasteiger partial charge in [-0.2, -0.15) is 5.10 Å². The summed E-state index contributed by atoms with van der Waals surface area (Å²) in [4.78, 5) is 10.9. The molecule has 2 aromatic rings. The molecule has 116 valence electrons. The highest BCUT2D eigenvalue weighted by atomic mass is 16.4. The van der Waals surface area contributed by atoms with E-state index in [0.29, 0.717) is 11.5 Å². The third-order valence-corrected chi connectivity index (χ3v) is 4.89. The van der Waals surface area contributed by atoms with Gasteiger partial charge in [0.2, 0.25) is 0 Å². The fourth-order valence-electron chi connectivity index (χ4n) is 3.49. The van der Waals surface area contributed by atoms with Crippen LogP contribution in [0.2, 0.25) is 0 Å². The number of hydrogen-bond acceptors (Lipinski definition) is 2. The van der Waals surface area contributed by atoms with Crippen LogP contribution in [-0.4, -0.2) is 21.3 Å². The van der Waals surface area contributed by atoms with Gasteiger partial charge in [-0.05, 0) is 43.4 Å². The molecule has 1 aromatic heterocycles. The van der Waals surface area contributed by atoms with Crippen LogP contribution in [0.4, 0.5) is 0 Å². The minimum atomic E-state index is -0.891. The maximum atomic E-state index is 10.9. The monoisotopic (exact) mass is 298 g/mol. The normalized spacial score (nSPS) is 18.0. The Balaban J connectivity index is 1.92. The van der Waals surface area contributed by atoms with Crippen LogP contribution in [0.25, 0.3) is 17.0 Å². The van der Waals surface area contributed by atoms with Crippen molar-refractivity contribution < 1.29 is 9.90 Å². The lowest BCUT2D eigenvalue weighted by Crippen LogP contribution is -2.06. The number of carboxylic acids is 1. The predicted octanol–water partition coefficient (Wildman–Crippen LogP) is 4.34. The third-order valence-electron chi connectivity index (χ3n) is 4.89. The Labute approximate surface area is 130 Å². The standard InChI is InChI=1S/C18H22N2O2/c1-11(18(21)22)9-13-7-8-15-16(10-13)19-20-17(15)12(2)14-5-3-4-6-14/h7-10,12,14H,3-6H2,1-2H3,(H,19,20)(H,21,22). The van der Waals surface area contributed by atoms with E-state index in [2.05, 4.69) is 23.2 Å². The van der Waals surface area contributed by atoms with Crippen LogP contribution < -0.4 is 0 Å². The highest BCUT2D eigenvalue weighted by molar-refractivity contribution is 5.92. The highest BCUT2D eigenvalue weighted by Crippen LogP contribution is 2.38. The van der Waals surface area contributed by atoms with E-state index in [9.17, 15) is 4.79 Å². The molecule has 22 heavy (non-hydrogen) atoms. The van der Waals surface area contributed by atoms with Crippen molar-refractivity contribution in [2.75, 3.05) is 0 Å². The SMILES string of the molecule is CC(=Cc1ccc2c(C(C)C3CCCC3)[nH]nc2c1)C(=O)O. The van der Waals surface area contributed by atoms with Gasteiger partial charge >= 0.3 is 5.97 Å². The molecule has 0 saturated heterocycles. The predicted molar refractivity (Wildman–Crippen MR) is 87.8 cm³/mol. The number of aliphatic carboxylic acids is 1. The van der Waals surface area contributed by atoms with Crippen LogP contribution in [0.3, 0.4) is 0 Å². The van der Waals surface area contributed by atoms with Crippen molar-refractivity contribution in [1.82, 2.24) is 10.2 Å². The van der Waals surface area contributed by atoms with Gasteiger partial charge < -0.3 is 5.11 Å². The Morgan fingerprint density at radius 3 is 2.82 bits per heavy atom. The number of fused-ring (bicyclic) bond motifs is 1. The molecule has 1 fully saturated rings. The molecule has 1 aliphatic rings. The Morgan fingerprint density at radius 2 is 2.14 bits per heavy atom. The second-order valence-corrected chi connectivity index (χ2v) is 6.38. The molecule has 4 heteroatoms. The smallest absolute Gasteiger partial charge is 0.331 e. The molecule has 1 heterocycles. The van der Waals surface area contributed by atoms with Gasteiger partial charge in [0.15, 0.2) is 0 Å². The molecule has 1 aliphatic carbocycles. The lowest BCUT2D eigenvalue weighted by atomic mass is 9.88. The number of nitrogens with one attached hydrogen (secondary N) is 1. The first-order valence-corrected chi connectivity index (χ1v) is 7.96. The molecule has 0 amide bonds. The molecule has 0 aliphatic heterocycles. The first-order chi connectivity index (χ1) is 10.6. The second kappa shape index (κ2) is 5.95. The van der Waals surface area contributed by atoms with Gasteiger partial charge in [0.25, 0.3) is 0 Å². The van der Waals surface area contributed by atoms with Crippen molar-refractivity contribution in [2.45, 2.75) is 45.4 Å². The number of H-pyrrole nitrogens is 1. The van der Waals surface area contributed by atoms with E-state index in [4.69, 9.17) is 5.11 Å². The number of nitrogens with zero attached hydrogens (tertiary/aromatic N) is 1. The summed E-state index contributed by atoms with van der Waals surface area (Å²) in [5.41, 5.74) is 3.33. The molecular weight excluding hydrogens is 276 g/mol. The van der Waals surface area contributed by atoms with Gasteiger partial charge in [0.05, 0.1) is 5.52 Å². The summed E-state index contributed by atoms with van der Waals surface area (Å²) < 4.78 is 0. The number of hydrogen-bond donors (Lipinski definition) is 2. The number of aromatic amines is 1. The summed E-state index contributed by atoms with van der Waals surface area (Å²) >= 11 is 0. The Kier molecular flexibility index (Phi) is 4.01. The summed E-state index contributed by atoms with van der Waals surface area (Å²) in [7, 11) is 0. The Bertz CT molecular complexity index is 724. The lowest BCUT2D eigenvalue weighted by Gasteiger charge is -2.17. The molecular formula is C18H22N2O2. The minimum Gasteiger partial charge on any atom is -0.478 e. The number of aromatic nitrogens is 2. The molecule has 1 aromatic carbocycles. The Hall–Kier alpha value is -2.10. The van der Waals surface area contributed by atoms with Gasteiger partial charge in [-0.1, -0.05) is 31.9 Å². The van der Waals surface area contributed by atoms with E-state index in [0.717, 1.165) is 22.4 Å². The fourth-order valence-corrected chi connectivity index (χ4v) is 3.49.